The standard InChI is InChI=1S/C30H28O14/c31-15-9-19(34)16-11-23(29(42-22(16)10-15)14-3-5-18(33)21(36)8-14)43-30-28(40)27(39)26(38)24(44-30)12-41-25(37)6-2-13-1-4-17(32)20(35)7-13/h1-11,24,26-36,38-40H,12H2/p+1/b6-2+/t24-,26+,27+,28-,29?,30+/m0/s1. The summed E-state index contributed by atoms with van der Waals surface area (Å²) in [6, 6.07) is 10.1. The lowest BCUT2D eigenvalue weighted by molar-refractivity contribution is -0.296. The van der Waals surface area contributed by atoms with E-state index >= 15 is 0 Å². The minimum absolute atomic E-state index is 0.0490. The zero-order valence-electron chi connectivity index (χ0n) is 22.6. The topological polar surface area (TPSA) is 240 Å². The third-order valence-electron chi connectivity index (χ3n) is 6.98. The molecule has 0 spiro atoms. The van der Waals surface area contributed by atoms with Gasteiger partial charge < -0.3 is 64.9 Å². The number of benzene rings is 3. The normalized spacial score (nSPS) is 24.7. The number of ether oxygens (including phenoxy) is 4. The van der Waals surface area contributed by atoms with E-state index in [1.54, 1.807) is 0 Å². The van der Waals surface area contributed by atoms with Gasteiger partial charge in [-0.3, -0.25) is 0 Å². The molecule has 1 fully saturated rings. The molecule has 6 atom stereocenters. The summed E-state index contributed by atoms with van der Waals surface area (Å²) in [5.41, 5.74) is 0.816. The number of rotatable bonds is 7. The summed E-state index contributed by atoms with van der Waals surface area (Å²) >= 11 is 0. The van der Waals surface area contributed by atoms with Gasteiger partial charge in [0.15, 0.2) is 28.8 Å². The molecule has 3 aromatic carbocycles. The molecule has 44 heavy (non-hydrogen) atoms. The van der Waals surface area contributed by atoms with Crippen molar-refractivity contribution in [2.24, 2.45) is 0 Å². The van der Waals surface area contributed by atoms with Gasteiger partial charge in [0.1, 0.15) is 48.1 Å². The lowest BCUT2D eigenvalue weighted by atomic mass is 9.98. The molecule has 10 N–H and O–H groups in total. The van der Waals surface area contributed by atoms with E-state index in [1.807, 2.05) is 0 Å². The van der Waals surface area contributed by atoms with Crippen LogP contribution in [0.4, 0.5) is 0 Å². The number of carbonyl (C=O) groups is 1. The minimum Gasteiger partial charge on any atom is -0.571 e. The summed E-state index contributed by atoms with van der Waals surface area (Å²) in [6.07, 6.45) is -5.71. The van der Waals surface area contributed by atoms with Crippen molar-refractivity contribution < 1.29 is 69.7 Å². The van der Waals surface area contributed by atoms with Crippen LogP contribution in [0.25, 0.3) is 12.2 Å². The Labute approximate surface area is 248 Å². The number of phenolic OH excluding ortho intramolecular Hbond substituents is 6. The van der Waals surface area contributed by atoms with Crippen LogP contribution >= 0.6 is 0 Å². The molecule has 3 aromatic rings. The van der Waals surface area contributed by atoms with Gasteiger partial charge in [0.05, 0.1) is 11.6 Å². The highest BCUT2D eigenvalue weighted by atomic mass is 16.7. The van der Waals surface area contributed by atoms with Crippen molar-refractivity contribution >= 4 is 18.1 Å². The van der Waals surface area contributed by atoms with Crippen molar-refractivity contribution in [1.82, 2.24) is 0 Å². The Morgan fingerprint density at radius 2 is 1.52 bits per heavy atom. The molecule has 232 valence electrons. The summed E-state index contributed by atoms with van der Waals surface area (Å²) in [5.74, 6) is -2.97. The number of hydrogen-bond acceptors (Lipinski definition) is 13. The van der Waals surface area contributed by atoms with Gasteiger partial charge in [0.2, 0.25) is 6.29 Å². The van der Waals surface area contributed by atoms with Crippen molar-refractivity contribution in [3.63, 3.8) is 0 Å². The second-order valence-corrected chi connectivity index (χ2v) is 10.1. The van der Waals surface area contributed by atoms with Crippen LogP contribution in [0.1, 0.15) is 22.8 Å². The molecule has 14 nitrogen and oxygen atoms in total. The third kappa shape index (κ3) is 6.28. The first-order chi connectivity index (χ1) is 20.9. The maximum atomic E-state index is 12.3. The molecule has 0 radical (unpaired) electrons. The summed E-state index contributed by atoms with van der Waals surface area (Å²) in [4.78, 5) is 12.3. The lowest BCUT2D eigenvalue weighted by Gasteiger charge is -2.40. The van der Waals surface area contributed by atoms with Gasteiger partial charge in [0.25, 0.3) is 11.9 Å². The average molecular weight is 614 g/mol. The Balaban J connectivity index is 1.35. The minimum atomic E-state index is -1.80. The first-order valence-electron chi connectivity index (χ1n) is 13.1. The molecular formula is C30H29O14+. The van der Waals surface area contributed by atoms with Gasteiger partial charge in [-0.05, 0) is 42.0 Å². The third-order valence-corrected chi connectivity index (χ3v) is 6.98. The van der Waals surface area contributed by atoms with E-state index in [4.69, 9.17) is 14.2 Å². The number of carbonyl (C=O) groups excluding carboxylic acids is 1. The molecular weight excluding hydrogens is 584 g/mol. The van der Waals surface area contributed by atoms with E-state index in [9.17, 15) is 50.8 Å². The fourth-order valence-corrected chi connectivity index (χ4v) is 4.64. The molecule has 1 saturated heterocycles. The zero-order valence-corrected chi connectivity index (χ0v) is 22.6. The second-order valence-electron chi connectivity index (χ2n) is 10.1. The number of aliphatic hydroxyl groups excluding tert-OH is 3. The van der Waals surface area contributed by atoms with Crippen molar-refractivity contribution in [2.75, 3.05) is 6.61 Å². The molecule has 2 heterocycles. The smallest absolute Gasteiger partial charge is 0.330 e. The maximum Gasteiger partial charge on any atom is 0.330 e. The number of aliphatic hydroxyl groups is 4. The second kappa shape index (κ2) is 12.2. The number of fused-ring (bicyclic) bond motifs is 1. The average Bonchev–Trinajstić information content (AvgIpc) is 2.98. The van der Waals surface area contributed by atoms with Crippen LogP contribution in [-0.4, -0.2) is 94.0 Å². The van der Waals surface area contributed by atoms with Crippen LogP contribution in [0.2, 0.25) is 0 Å². The number of esters is 1. The first kappa shape index (κ1) is 30.3. The quantitative estimate of drug-likeness (QED) is 0.0792. The van der Waals surface area contributed by atoms with E-state index in [0.29, 0.717) is 11.1 Å². The molecule has 0 aliphatic carbocycles. The van der Waals surface area contributed by atoms with Crippen molar-refractivity contribution in [3.8, 4) is 40.2 Å². The fraction of sp³-hybridized carbons (Fsp3) is 0.233. The number of aromatic hydroxyl groups is 7. The molecule has 14 heteroatoms. The Morgan fingerprint density at radius 1 is 0.818 bits per heavy atom. The predicted molar refractivity (Wildman–Crippen MR) is 149 cm³/mol. The van der Waals surface area contributed by atoms with Gasteiger partial charge in [-0.1, -0.05) is 6.07 Å². The lowest BCUT2D eigenvalue weighted by Crippen LogP contribution is -2.59. The summed E-state index contributed by atoms with van der Waals surface area (Å²) < 4.78 is 21.2. The van der Waals surface area contributed by atoms with Crippen LogP contribution in [0.15, 0.2) is 60.4 Å². The molecule has 5 rings (SSSR count). The summed E-state index contributed by atoms with van der Waals surface area (Å²) in [5, 5.41) is 90.9. The van der Waals surface area contributed by atoms with Gasteiger partial charge >= 0.3 is 5.97 Å². The molecule has 0 bridgehead atoms. The monoisotopic (exact) mass is 613 g/mol. The van der Waals surface area contributed by atoms with E-state index in [2.05, 4.69) is 4.74 Å². The Bertz CT molecular complexity index is 1620. The van der Waals surface area contributed by atoms with Gasteiger partial charge in [0, 0.05) is 18.2 Å². The zero-order chi connectivity index (χ0) is 31.7. The van der Waals surface area contributed by atoms with Crippen LogP contribution in [0, 0.1) is 0 Å². The highest BCUT2D eigenvalue weighted by molar-refractivity contribution is 5.87. The first-order valence-corrected chi connectivity index (χ1v) is 13.1. The van der Waals surface area contributed by atoms with Crippen molar-refractivity contribution in [3.05, 3.63) is 77.1 Å². The van der Waals surface area contributed by atoms with E-state index in [-0.39, 0.29) is 40.1 Å². The highest BCUT2D eigenvalue weighted by Gasteiger charge is 2.47. The van der Waals surface area contributed by atoms with E-state index in [0.717, 1.165) is 12.1 Å². The molecule has 0 saturated carbocycles. The fourth-order valence-electron chi connectivity index (χ4n) is 4.64. The van der Waals surface area contributed by atoms with Crippen LogP contribution in [0.5, 0.6) is 40.2 Å². The van der Waals surface area contributed by atoms with Crippen molar-refractivity contribution in [2.45, 2.75) is 36.8 Å². The summed E-state index contributed by atoms with van der Waals surface area (Å²) in [6.45, 7) is -0.573. The Morgan fingerprint density at radius 3 is 2.23 bits per heavy atom. The molecule has 2 aliphatic heterocycles. The molecule has 2 aliphatic rings. The van der Waals surface area contributed by atoms with Gasteiger partial charge in [-0.25, -0.2) is 4.79 Å². The van der Waals surface area contributed by atoms with Crippen LogP contribution in [-0.2, 0) is 19.0 Å². The van der Waals surface area contributed by atoms with Gasteiger partial charge in [-0.2, -0.15) is 0 Å². The largest absolute Gasteiger partial charge is 0.571 e. The van der Waals surface area contributed by atoms with Crippen LogP contribution < -0.4 is 0 Å². The van der Waals surface area contributed by atoms with Crippen molar-refractivity contribution in [1.29, 1.82) is 0 Å². The SMILES string of the molecule is O=C(/C=C/c1ccc(O)c(O)c1)OC[C@@H]1O[C@@H](OC2=Cc3c(O)cc(O)cc3[OH+]C2c2ccc(O)c(O)c2)[C@@H](O)[C@H](O)[C@@H]1O. The molecule has 1 unspecified atom stereocenters. The predicted octanol–water partition coefficient (Wildman–Crippen LogP) is 1.34. The number of hydrogen-bond donors (Lipinski definition) is 9. The summed E-state index contributed by atoms with van der Waals surface area (Å²) in [7, 11) is 0. The molecule has 0 aromatic heterocycles. The van der Waals surface area contributed by atoms with Gasteiger partial charge in [-0.15, -0.1) is 0 Å². The Kier molecular flexibility index (Phi) is 8.42. The van der Waals surface area contributed by atoms with E-state index < -0.39 is 60.9 Å². The molecule has 0 amide bonds. The van der Waals surface area contributed by atoms with E-state index in [1.165, 1.54) is 54.6 Å². The Hall–Kier alpha value is -5.15. The van der Waals surface area contributed by atoms with Crippen LogP contribution in [0.3, 0.4) is 0 Å². The number of phenols is 6. The highest BCUT2D eigenvalue weighted by Crippen LogP contribution is 2.46. The maximum absolute atomic E-state index is 12.3.